The van der Waals surface area contributed by atoms with Crippen molar-refractivity contribution >= 4 is 17.5 Å². The van der Waals surface area contributed by atoms with Gasteiger partial charge in [0.25, 0.3) is 5.91 Å². The number of carbonyl (C=O) groups excluding carboxylic acids is 1. The third-order valence-electron chi connectivity index (χ3n) is 3.08. The zero-order valence-corrected chi connectivity index (χ0v) is 12.0. The molecule has 0 saturated carbocycles. The third kappa shape index (κ3) is 4.21. The molecular formula is C16H16ClNO3. The van der Waals surface area contributed by atoms with Gasteiger partial charge in [-0.05, 0) is 30.2 Å². The maximum Gasteiger partial charge on any atom is 0.255 e. The van der Waals surface area contributed by atoms with E-state index in [0.717, 1.165) is 5.56 Å². The standard InChI is InChI=1S/C16H16ClNO3/c17-12-6-7-15(20)14(9-12)16(21)18-13(10-19)8-11-4-2-1-3-5-11/h1-7,9,13,19-20H,8,10H2,(H,18,21)/t13-/m0/s1. The smallest absolute Gasteiger partial charge is 0.255 e. The second-order valence-corrected chi connectivity index (χ2v) is 5.14. The van der Waals surface area contributed by atoms with E-state index in [0.29, 0.717) is 11.4 Å². The summed E-state index contributed by atoms with van der Waals surface area (Å²) in [5.74, 6) is -0.613. The molecule has 2 rings (SSSR count). The van der Waals surface area contributed by atoms with E-state index in [9.17, 15) is 15.0 Å². The fraction of sp³-hybridized carbons (Fsp3) is 0.188. The lowest BCUT2D eigenvalue weighted by Crippen LogP contribution is -2.39. The van der Waals surface area contributed by atoms with Gasteiger partial charge in [-0.1, -0.05) is 41.9 Å². The van der Waals surface area contributed by atoms with Crippen LogP contribution in [0, 0.1) is 0 Å². The molecule has 2 aromatic rings. The average molecular weight is 306 g/mol. The minimum Gasteiger partial charge on any atom is -0.507 e. The quantitative estimate of drug-likeness (QED) is 0.794. The highest BCUT2D eigenvalue weighted by molar-refractivity contribution is 6.31. The van der Waals surface area contributed by atoms with Gasteiger partial charge in [0.1, 0.15) is 5.75 Å². The van der Waals surface area contributed by atoms with Crippen LogP contribution in [0.4, 0.5) is 0 Å². The number of hydrogen-bond donors (Lipinski definition) is 3. The van der Waals surface area contributed by atoms with Crippen molar-refractivity contribution in [2.24, 2.45) is 0 Å². The van der Waals surface area contributed by atoms with E-state index >= 15 is 0 Å². The number of rotatable bonds is 5. The van der Waals surface area contributed by atoms with Crippen LogP contribution in [-0.4, -0.2) is 28.8 Å². The number of hydrogen-bond acceptors (Lipinski definition) is 3. The van der Waals surface area contributed by atoms with E-state index in [1.165, 1.54) is 18.2 Å². The molecule has 3 N–H and O–H groups in total. The fourth-order valence-corrected chi connectivity index (χ4v) is 2.19. The van der Waals surface area contributed by atoms with Gasteiger partial charge in [-0.15, -0.1) is 0 Å². The van der Waals surface area contributed by atoms with E-state index in [2.05, 4.69) is 5.32 Å². The highest BCUT2D eigenvalue weighted by atomic mass is 35.5. The number of nitrogens with one attached hydrogen (secondary N) is 1. The first-order valence-corrected chi connectivity index (χ1v) is 6.92. The van der Waals surface area contributed by atoms with Crippen LogP contribution in [0.15, 0.2) is 48.5 Å². The van der Waals surface area contributed by atoms with Crippen molar-refractivity contribution in [1.82, 2.24) is 5.32 Å². The normalized spacial score (nSPS) is 11.9. The Morgan fingerprint density at radius 1 is 1.19 bits per heavy atom. The Morgan fingerprint density at radius 2 is 1.90 bits per heavy atom. The number of aliphatic hydroxyl groups is 1. The van der Waals surface area contributed by atoms with Gasteiger partial charge in [-0.3, -0.25) is 4.79 Å². The number of carbonyl (C=O) groups is 1. The summed E-state index contributed by atoms with van der Waals surface area (Å²) in [7, 11) is 0. The minimum absolute atomic E-state index is 0.0917. The molecular weight excluding hydrogens is 290 g/mol. The predicted molar refractivity (Wildman–Crippen MR) is 81.6 cm³/mol. The molecule has 110 valence electrons. The largest absolute Gasteiger partial charge is 0.507 e. The number of halogens is 1. The molecule has 0 radical (unpaired) electrons. The maximum atomic E-state index is 12.1. The number of amides is 1. The Labute approximate surface area is 128 Å². The third-order valence-corrected chi connectivity index (χ3v) is 3.32. The number of aliphatic hydroxyl groups excluding tert-OH is 1. The molecule has 0 heterocycles. The molecule has 21 heavy (non-hydrogen) atoms. The van der Waals surface area contributed by atoms with Crippen LogP contribution in [0.5, 0.6) is 5.75 Å². The van der Waals surface area contributed by atoms with Gasteiger partial charge in [0, 0.05) is 5.02 Å². The van der Waals surface area contributed by atoms with E-state index in [1.807, 2.05) is 30.3 Å². The van der Waals surface area contributed by atoms with Crippen LogP contribution in [-0.2, 0) is 6.42 Å². The lowest BCUT2D eigenvalue weighted by molar-refractivity contribution is 0.0914. The second-order valence-electron chi connectivity index (χ2n) is 4.70. The molecule has 0 fully saturated rings. The SMILES string of the molecule is O=C(N[C@H](CO)Cc1ccccc1)c1cc(Cl)ccc1O. The van der Waals surface area contributed by atoms with Crippen molar-refractivity contribution in [3.05, 3.63) is 64.7 Å². The minimum atomic E-state index is -0.468. The van der Waals surface area contributed by atoms with E-state index < -0.39 is 11.9 Å². The monoisotopic (exact) mass is 305 g/mol. The summed E-state index contributed by atoms with van der Waals surface area (Å²) in [6.45, 7) is -0.192. The molecule has 0 aliphatic rings. The number of phenols is 1. The van der Waals surface area contributed by atoms with Crippen LogP contribution in [0.1, 0.15) is 15.9 Å². The molecule has 0 aliphatic carbocycles. The zero-order valence-electron chi connectivity index (χ0n) is 11.3. The molecule has 4 nitrogen and oxygen atoms in total. The summed E-state index contributed by atoms with van der Waals surface area (Å²) < 4.78 is 0. The summed E-state index contributed by atoms with van der Waals surface area (Å²) in [5, 5.41) is 22.2. The van der Waals surface area contributed by atoms with E-state index in [-0.39, 0.29) is 17.9 Å². The van der Waals surface area contributed by atoms with Gasteiger partial charge < -0.3 is 15.5 Å². The molecule has 0 spiro atoms. The first kappa shape index (κ1) is 15.4. The van der Waals surface area contributed by atoms with Gasteiger partial charge in [0.15, 0.2) is 0 Å². The lowest BCUT2D eigenvalue weighted by Gasteiger charge is -2.17. The average Bonchev–Trinajstić information content (AvgIpc) is 2.50. The van der Waals surface area contributed by atoms with Crippen molar-refractivity contribution < 1.29 is 15.0 Å². The molecule has 1 atom stereocenters. The molecule has 0 aliphatic heterocycles. The molecule has 0 unspecified atom stereocenters. The Bertz CT molecular complexity index is 616. The van der Waals surface area contributed by atoms with Crippen LogP contribution in [0.2, 0.25) is 5.02 Å². The van der Waals surface area contributed by atoms with Crippen molar-refractivity contribution in [3.63, 3.8) is 0 Å². The summed E-state index contributed by atoms with van der Waals surface area (Å²) in [4.78, 5) is 12.1. The molecule has 1 amide bonds. The van der Waals surface area contributed by atoms with Crippen LogP contribution in [0.3, 0.4) is 0 Å². The number of aromatic hydroxyl groups is 1. The summed E-state index contributed by atoms with van der Waals surface area (Å²) in [6, 6.07) is 13.4. The first-order chi connectivity index (χ1) is 10.1. The van der Waals surface area contributed by atoms with Crippen LogP contribution >= 0.6 is 11.6 Å². The molecule has 0 aromatic heterocycles. The van der Waals surface area contributed by atoms with Crippen molar-refractivity contribution in [2.75, 3.05) is 6.61 Å². The number of benzene rings is 2. The van der Waals surface area contributed by atoms with Gasteiger partial charge in [-0.25, -0.2) is 0 Å². The van der Waals surface area contributed by atoms with Crippen LogP contribution < -0.4 is 5.32 Å². The Morgan fingerprint density at radius 3 is 2.57 bits per heavy atom. The molecule has 5 heteroatoms. The van der Waals surface area contributed by atoms with Crippen molar-refractivity contribution in [2.45, 2.75) is 12.5 Å². The van der Waals surface area contributed by atoms with Gasteiger partial charge in [0.2, 0.25) is 0 Å². The van der Waals surface area contributed by atoms with Gasteiger partial charge >= 0.3 is 0 Å². The van der Waals surface area contributed by atoms with E-state index in [1.54, 1.807) is 0 Å². The maximum absolute atomic E-state index is 12.1. The van der Waals surface area contributed by atoms with Gasteiger partial charge in [-0.2, -0.15) is 0 Å². The highest BCUT2D eigenvalue weighted by Gasteiger charge is 2.16. The Balaban J connectivity index is 2.07. The zero-order chi connectivity index (χ0) is 15.2. The topological polar surface area (TPSA) is 69.6 Å². The highest BCUT2D eigenvalue weighted by Crippen LogP contribution is 2.21. The Hall–Kier alpha value is -2.04. The van der Waals surface area contributed by atoms with Gasteiger partial charge in [0.05, 0.1) is 18.2 Å². The summed E-state index contributed by atoms with van der Waals surface area (Å²) >= 11 is 5.82. The molecule has 0 saturated heterocycles. The number of phenolic OH excluding ortho intramolecular Hbond substituents is 1. The fourth-order valence-electron chi connectivity index (χ4n) is 2.01. The first-order valence-electron chi connectivity index (χ1n) is 6.54. The second kappa shape index (κ2) is 7.11. The lowest BCUT2D eigenvalue weighted by atomic mass is 10.1. The summed E-state index contributed by atoms with van der Waals surface area (Å²) in [6.07, 6.45) is 0.504. The molecule has 2 aromatic carbocycles. The van der Waals surface area contributed by atoms with Crippen molar-refractivity contribution in [1.29, 1.82) is 0 Å². The predicted octanol–water partition coefficient (Wildman–Crippen LogP) is 2.38. The van der Waals surface area contributed by atoms with E-state index in [4.69, 9.17) is 11.6 Å². The Kier molecular flexibility index (Phi) is 5.20. The summed E-state index contributed by atoms with van der Waals surface area (Å²) in [5.41, 5.74) is 1.10. The van der Waals surface area contributed by atoms with Crippen LogP contribution in [0.25, 0.3) is 0 Å². The van der Waals surface area contributed by atoms with Crippen molar-refractivity contribution in [3.8, 4) is 5.75 Å². The molecule has 0 bridgehead atoms.